The van der Waals surface area contributed by atoms with Crippen LogP contribution in [0.15, 0.2) is 35.1 Å². The molecule has 1 aliphatic heterocycles. The Morgan fingerprint density at radius 1 is 1.50 bits per heavy atom. The van der Waals surface area contributed by atoms with Gasteiger partial charge in [-0.05, 0) is 44.5 Å². The summed E-state index contributed by atoms with van der Waals surface area (Å²) in [6.07, 6.45) is 5.87. The zero-order chi connectivity index (χ0) is 17.1. The molecule has 7 heteroatoms. The Labute approximate surface area is 149 Å². The summed E-state index contributed by atoms with van der Waals surface area (Å²) in [5.41, 5.74) is 0.212. The van der Waals surface area contributed by atoms with E-state index < -0.39 is 5.82 Å². The number of carbonyl (C=O) groups excluding carboxylic acids is 1. The van der Waals surface area contributed by atoms with E-state index >= 15 is 0 Å². The van der Waals surface area contributed by atoms with Crippen molar-refractivity contribution in [1.29, 1.82) is 0 Å². The highest BCUT2D eigenvalue weighted by molar-refractivity contribution is 9.10. The number of imidazole rings is 1. The lowest BCUT2D eigenvalue weighted by atomic mass is 10.2. The number of hydrogen-bond donors (Lipinski definition) is 1. The Morgan fingerprint density at radius 2 is 2.33 bits per heavy atom. The van der Waals surface area contributed by atoms with Crippen molar-refractivity contribution in [3.8, 4) is 0 Å². The maximum absolute atomic E-state index is 13.8. The number of benzene rings is 1. The Bertz CT molecular complexity index is 733. The summed E-state index contributed by atoms with van der Waals surface area (Å²) < 4.78 is 16.6. The second-order valence-electron chi connectivity index (χ2n) is 6.07. The Balaban J connectivity index is 1.59. The van der Waals surface area contributed by atoms with E-state index in [1.165, 1.54) is 6.07 Å². The van der Waals surface area contributed by atoms with Crippen LogP contribution in [0, 0.1) is 12.7 Å². The van der Waals surface area contributed by atoms with Crippen LogP contribution in [0.3, 0.4) is 0 Å². The van der Waals surface area contributed by atoms with Crippen LogP contribution in [0.5, 0.6) is 0 Å². The van der Waals surface area contributed by atoms with Crippen molar-refractivity contribution in [3.63, 3.8) is 0 Å². The molecule has 1 amide bonds. The molecule has 0 radical (unpaired) electrons. The predicted octanol–water partition coefficient (Wildman–Crippen LogP) is 3.20. The summed E-state index contributed by atoms with van der Waals surface area (Å²) in [7, 11) is 0. The standard InChI is InChI=1S/C17H20BrFN4O/c1-12-20-6-8-22(12)10-14-3-2-7-23(14)11-17(24)21-16-5-4-13(18)9-15(16)19/h4-6,8-9,14H,2-3,7,10-11H2,1H3,(H,21,24). The summed E-state index contributed by atoms with van der Waals surface area (Å²) in [4.78, 5) is 18.7. The summed E-state index contributed by atoms with van der Waals surface area (Å²) in [5.74, 6) is 0.346. The van der Waals surface area contributed by atoms with Crippen molar-refractivity contribution in [1.82, 2.24) is 14.5 Å². The van der Waals surface area contributed by atoms with Crippen molar-refractivity contribution in [2.45, 2.75) is 32.4 Å². The van der Waals surface area contributed by atoms with Crippen LogP contribution in [0.4, 0.5) is 10.1 Å². The van der Waals surface area contributed by atoms with E-state index in [0.717, 1.165) is 31.8 Å². The molecule has 1 aromatic heterocycles. The smallest absolute Gasteiger partial charge is 0.238 e. The maximum atomic E-state index is 13.8. The second-order valence-corrected chi connectivity index (χ2v) is 6.98. The molecule has 1 unspecified atom stereocenters. The van der Waals surface area contributed by atoms with Gasteiger partial charge >= 0.3 is 0 Å². The van der Waals surface area contributed by atoms with Crippen LogP contribution in [0.1, 0.15) is 18.7 Å². The molecule has 0 bridgehead atoms. The minimum atomic E-state index is -0.440. The van der Waals surface area contributed by atoms with Crippen LogP contribution in [0.2, 0.25) is 0 Å². The molecule has 5 nitrogen and oxygen atoms in total. The molecule has 128 valence electrons. The molecule has 1 aromatic carbocycles. The summed E-state index contributed by atoms with van der Waals surface area (Å²) in [5, 5.41) is 2.66. The molecular weight excluding hydrogens is 375 g/mol. The predicted molar refractivity (Wildman–Crippen MR) is 94.3 cm³/mol. The highest BCUT2D eigenvalue weighted by Gasteiger charge is 2.27. The fourth-order valence-electron chi connectivity index (χ4n) is 3.10. The fraction of sp³-hybridized carbons (Fsp3) is 0.412. The average molecular weight is 395 g/mol. The van der Waals surface area contributed by atoms with Gasteiger partial charge in [0.15, 0.2) is 0 Å². The normalized spacial score (nSPS) is 18.0. The maximum Gasteiger partial charge on any atom is 0.238 e. The largest absolute Gasteiger partial charge is 0.334 e. The van der Waals surface area contributed by atoms with Gasteiger partial charge in [0.05, 0.1) is 12.2 Å². The van der Waals surface area contributed by atoms with Gasteiger partial charge in [-0.1, -0.05) is 15.9 Å². The third kappa shape index (κ3) is 4.02. The van der Waals surface area contributed by atoms with Crippen molar-refractivity contribution in [3.05, 3.63) is 46.7 Å². The number of rotatable bonds is 5. The van der Waals surface area contributed by atoms with Crippen molar-refractivity contribution in [2.75, 3.05) is 18.4 Å². The Kier molecular flexibility index (Phi) is 5.30. The lowest BCUT2D eigenvalue weighted by molar-refractivity contribution is -0.117. The van der Waals surface area contributed by atoms with Gasteiger partial charge in [-0.25, -0.2) is 9.37 Å². The molecule has 1 atom stereocenters. The first-order valence-corrected chi connectivity index (χ1v) is 8.79. The molecule has 0 aliphatic carbocycles. The van der Waals surface area contributed by atoms with Gasteiger partial charge in [0.2, 0.25) is 5.91 Å². The fourth-order valence-corrected chi connectivity index (χ4v) is 3.43. The minimum absolute atomic E-state index is 0.189. The zero-order valence-electron chi connectivity index (χ0n) is 13.5. The first-order chi connectivity index (χ1) is 11.5. The first-order valence-electron chi connectivity index (χ1n) is 7.99. The molecule has 2 aromatic rings. The van der Waals surface area contributed by atoms with E-state index in [4.69, 9.17) is 0 Å². The van der Waals surface area contributed by atoms with E-state index in [0.29, 0.717) is 10.5 Å². The minimum Gasteiger partial charge on any atom is -0.334 e. The molecule has 24 heavy (non-hydrogen) atoms. The molecule has 1 fully saturated rings. The average Bonchev–Trinajstić information content (AvgIpc) is 3.13. The van der Waals surface area contributed by atoms with Crippen LogP contribution in [0.25, 0.3) is 0 Å². The van der Waals surface area contributed by atoms with Crippen LogP contribution >= 0.6 is 15.9 Å². The molecule has 0 saturated carbocycles. The molecule has 0 spiro atoms. The Hall–Kier alpha value is -1.73. The van der Waals surface area contributed by atoms with Gasteiger partial charge < -0.3 is 9.88 Å². The quantitative estimate of drug-likeness (QED) is 0.846. The van der Waals surface area contributed by atoms with Gasteiger partial charge in [0.1, 0.15) is 11.6 Å². The van der Waals surface area contributed by atoms with Crippen molar-refractivity contribution >= 4 is 27.5 Å². The van der Waals surface area contributed by atoms with Gasteiger partial charge in [-0.15, -0.1) is 0 Å². The number of amides is 1. The number of hydrogen-bond acceptors (Lipinski definition) is 3. The number of aromatic nitrogens is 2. The van der Waals surface area contributed by atoms with Gasteiger partial charge in [-0.2, -0.15) is 0 Å². The lowest BCUT2D eigenvalue weighted by Crippen LogP contribution is -2.39. The topological polar surface area (TPSA) is 50.2 Å². The number of anilines is 1. The third-order valence-corrected chi connectivity index (χ3v) is 4.88. The molecule has 1 N–H and O–H groups in total. The molecular formula is C17H20BrFN4O. The molecule has 1 saturated heterocycles. The lowest BCUT2D eigenvalue weighted by Gasteiger charge is -2.24. The van der Waals surface area contributed by atoms with Gasteiger partial charge in [0, 0.05) is 29.5 Å². The van der Waals surface area contributed by atoms with Gasteiger partial charge in [-0.3, -0.25) is 9.69 Å². The molecule has 2 heterocycles. The summed E-state index contributed by atoms with van der Waals surface area (Å²) >= 11 is 3.21. The number of aryl methyl sites for hydroxylation is 1. The molecule has 1 aliphatic rings. The Morgan fingerprint density at radius 3 is 3.04 bits per heavy atom. The van der Waals surface area contributed by atoms with E-state index in [2.05, 4.69) is 35.7 Å². The number of carbonyl (C=O) groups is 1. The number of halogens is 2. The van der Waals surface area contributed by atoms with Crippen LogP contribution < -0.4 is 5.32 Å². The molecule has 3 rings (SSSR count). The van der Waals surface area contributed by atoms with Crippen LogP contribution in [-0.2, 0) is 11.3 Å². The van der Waals surface area contributed by atoms with E-state index in [1.807, 2.05) is 13.1 Å². The zero-order valence-corrected chi connectivity index (χ0v) is 15.1. The summed E-state index contributed by atoms with van der Waals surface area (Å²) in [6, 6.07) is 4.92. The SMILES string of the molecule is Cc1nccn1CC1CCCN1CC(=O)Nc1ccc(Br)cc1F. The number of nitrogens with zero attached hydrogens (tertiary/aromatic N) is 3. The highest BCUT2D eigenvalue weighted by Crippen LogP contribution is 2.21. The highest BCUT2D eigenvalue weighted by atomic mass is 79.9. The van der Waals surface area contributed by atoms with E-state index in [9.17, 15) is 9.18 Å². The third-order valence-electron chi connectivity index (χ3n) is 4.38. The second kappa shape index (κ2) is 7.44. The van der Waals surface area contributed by atoms with E-state index in [-0.39, 0.29) is 18.1 Å². The summed E-state index contributed by atoms with van der Waals surface area (Å²) in [6.45, 7) is 3.95. The van der Waals surface area contributed by atoms with Crippen LogP contribution in [-0.4, -0.2) is 39.5 Å². The van der Waals surface area contributed by atoms with Crippen molar-refractivity contribution < 1.29 is 9.18 Å². The monoisotopic (exact) mass is 394 g/mol. The first kappa shape index (κ1) is 17.1. The van der Waals surface area contributed by atoms with Crippen molar-refractivity contribution in [2.24, 2.45) is 0 Å². The number of nitrogens with one attached hydrogen (secondary N) is 1. The number of likely N-dealkylation sites (tertiary alicyclic amines) is 1. The van der Waals surface area contributed by atoms with Gasteiger partial charge in [0.25, 0.3) is 0 Å². The van der Waals surface area contributed by atoms with E-state index in [1.54, 1.807) is 18.3 Å².